The van der Waals surface area contributed by atoms with Crippen molar-refractivity contribution in [2.75, 3.05) is 0 Å². The molecule has 9 rings (SSSR count). The van der Waals surface area contributed by atoms with E-state index in [1.807, 2.05) is 35.1 Å². The first-order chi connectivity index (χ1) is 25.0. The first-order valence-electron chi connectivity index (χ1n) is 18.1. The number of pyridine rings is 2. The van der Waals surface area contributed by atoms with E-state index >= 15 is 0 Å². The zero-order valence-electron chi connectivity index (χ0n) is 30.8. The Balaban J connectivity index is 0.00000400. The molecule has 0 aliphatic rings. The van der Waals surface area contributed by atoms with Crippen LogP contribution in [0, 0.1) is 23.0 Å². The molecule has 0 fully saturated rings. The summed E-state index contributed by atoms with van der Waals surface area (Å²) in [6.45, 7) is 13.9. The van der Waals surface area contributed by atoms with E-state index in [0.717, 1.165) is 57.3 Å². The standard InChI is InChI=1S/C48H40N2S2.Pt/c1-47(2,3)27-33-14-9-17-36-38-21-23-49-41(45(38)51-43(33)36)31-13-7-12-30(25-31)35-16-8-11-29-19-20-32(26-40(29)35)42-46-39(22-24-50-42)37-18-10-15-34(44(37)52-46)28-48(4,5)6;/h7-24H,27-28H2,1-6H3;/q-2;+2. The SMILES string of the molecule is CC(C)(C)Cc1cccc2c1sc1c(-c3[c-]c(-c4cccc5ccc(-c6nccc7c6sc6c(CC(C)(C)C)cccc67)[c-]c45)ccc3)nccc12.[Pt+2]. The minimum atomic E-state index is 0. The topological polar surface area (TPSA) is 25.8 Å². The Morgan fingerprint density at radius 3 is 1.55 bits per heavy atom. The van der Waals surface area contributed by atoms with Crippen LogP contribution >= 0.6 is 22.7 Å². The van der Waals surface area contributed by atoms with E-state index in [0.29, 0.717) is 0 Å². The largest absolute Gasteiger partial charge is 2.00 e. The van der Waals surface area contributed by atoms with Crippen LogP contribution in [0.15, 0.2) is 109 Å². The molecular weight excluding hydrogens is 864 g/mol. The molecular formula is C48H40N2PtS2. The molecule has 53 heavy (non-hydrogen) atoms. The maximum atomic E-state index is 4.98. The molecule has 0 saturated heterocycles. The van der Waals surface area contributed by atoms with Gasteiger partial charge >= 0.3 is 21.1 Å². The summed E-state index contributed by atoms with van der Waals surface area (Å²) < 4.78 is 5.16. The third-order valence-electron chi connectivity index (χ3n) is 9.81. The number of nitrogens with zero attached hydrogens (tertiary/aromatic N) is 2. The van der Waals surface area contributed by atoms with Gasteiger partial charge in [0.2, 0.25) is 0 Å². The summed E-state index contributed by atoms with van der Waals surface area (Å²) in [5.41, 5.74) is 9.35. The molecule has 5 aromatic carbocycles. The molecule has 0 bridgehead atoms. The van der Waals surface area contributed by atoms with Gasteiger partial charge in [0.1, 0.15) is 0 Å². The van der Waals surface area contributed by atoms with Crippen LogP contribution in [0.4, 0.5) is 0 Å². The number of aromatic nitrogens is 2. The van der Waals surface area contributed by atoms with Gasteiger partial charge in [-0.2, -0.15) is 0 Å². The third-order valence-corrected chi connectivity index (χ3v) is 12.4. The summed E-state index contributed by atoms with van der Waals surface area (Å²) in [4.78, 5) is 9.94. The minimum Gasteiger partial charge on any atom is -0.294 e. The fraction of sp³-hybridized carbons (Fsp3) is 0.208. The van der Waals surface area contributed by atoms with Crippen molar-refractivity contribution in [1.82, 2.24) is 9.97 Å². The molecule has 2 nitrogen and oxygen atoms in total. The van der Waals surface area contributed by atoms with E-state index in [4.69, 9.17) is 9.97 Å². The summed E-state index contributed by atoms with van der Waals surface area (Å²) in [5.74, 6) is 0. The van der Waals surface area contributed by atoms with Crippen molar-refractivity contribution in [3.8, 4) is 33.6 Å². The van der Waals surface area contributed by atoms with Gasteiger partial charge < -0.3 is 0 Å². The quantitative estimate of drug-likeness (QED) is 0.161. The third kappa shape index (κ3) is 6.65. The van der Waals surface area contributed by atoms with Gasteiger partial charge in [0.25, 0.3) is 0 Å². The molecule has 0 spiro atoms. The molecule has 0 atom stereocenters. The van der Waals surface area contributed by atoms with Gasteiger partial charge in [-0.3, -0.25) is 9.97 Å². The van der Waals surface area contributed by atoms with Crippen LogP contribution in [0.1, 0.15) is 52.7 Å². The summed E-state index contributed by atoms with van der Waals surface area (Å²) in [5, 5.41) is 7.36. The van der Waals surface area contributed by atoms with Crippen LogP contribution in [-0.4, -0.2) is 9.97 Å². The van der Waals surface area contributed by atoms with Gasteiger partial charge in [0.05, 0.1) is 0 Å². The molecule has 0 amide bonds. The second kappa shape index (κ2) is 13.6. The van der Waals surface area contributed by atoms with Crippen LogP contribution in [0.25, 0.3) is 84.8 Å². The maximum Gasteiger partial charge on any atom is 2.00 e. The monoisotopic (exact) mass is 903 g/mol. The summed E-state index contributed by atoms with van der Waals surface area (Å²) in [7, 11) is 0. The zero-order chi connectivity index (χ0) is 35.8. The van der Waals surface area contributed by atoms with Crippen molar-refractivity contribution in [3.05, 3.63) is 133 Å². The van der Waals surface area contributed by atoms with E-state index in [-0.39, 0.29) is 31.9 Å². The Bertz CT molecular complexity index is 2830. The van der Waals surface area contributed by atoms with Crippen LogP contribution in [-0.2, 0) is 33.9 Å². The smallest absolute Gasteiger partial charge is 0.294 e. The Hall–Kier alpha value is -4.21. The van der Waals surface area contributed by atoms with E-state index in [9.17, 15) is 0 Å². The van der Waals surface area contributed by atoms with Crippen LogP contribution in [0.2, 0.25) is 0 Å². The average Bonchev–Trinajstić information content (AvgIpc) is 3.70. The summed E-state index contributed by atoms with van der Waals surface area (Å²) in [6, 6.07) is 42.8. The molecule has 0 N–H and O–H groups in total. The number of hydrogen-bond donors (Lipinski definition) is 0. The predicted molar refractivity (Wildman–Crippen MR) is 226 cm³/mol. The van der Waals surface area contributed by atoms with Gasteiger partial charge in [-0.1, -0.05) is 118 Å². The van der Waals surface area contributed by atoms with Crippen LogP contribution in [0.5, 0.6) is 0 Å². The maximum absolute atomic E-state index is 4.98. The first kappa shape index (κ1) is 35.8. The number of fused-ring (bicyclic) bond motifs is 7. The number of hydrogen-bond acceptors (Lipinski definition) is 4. The number of thiophene rings is 2. The van der Waals surface area contributed by atoms with Crippen molar-refractivity contribution in [1.29, 1.82) is 0 Å². The summed E-state index contributed by atoms with van der Waals surface area (Å²) >= 11 is 3.73. The molecule has 9 aromatic rings. The van der Waals surface area contributed by atoms with Gasteiger partial charge in [-0.05, 0) is 57.7 Å². The van der Waals surface area contributed by atoms with Gasteiger partial charge in [-0.25, -0.2) is 0 Å². The number of benzene rings is 5. The average molecular weight is 904 g/mol. The predicted octanol–water partition coefficient (Wildman–Crippen LogP) is 14.1. The fourth-order valence-corrected chi connectivity index (χ4v) is 10.3. The van der Waals surface area contributed by atoms with Crippen molar-refractivity contribution in [3.63, 3.8) is 0 Å². The Morgan fingerprint density at radius 2 is 0.981 bits per heavy atom. The molecule has 4 aromatic heterocycles. The van der Waals surface area contributed by atoms with Gasteiger partial charge in [-0.15, -0.1) is 76.1 Å². The van der Waals surface area contributed by atoms with E-state index < -0.39 is 0 Å². The van der Waals surface area contributed by atoms with E-state index in [1.165, 1.54) is 51.5 Å². The number of rotatable bonds is 5. The van der Waals surface area contributed by atoms with Gasteiger partial charge in [0.15, 0.2) is 0 Å². The van der Waals surface area contributed by atoms with Crippen molar-refractivity contribution >= 4 is 73.8 Å². The fourth-order valence-electron chi connectivity index (χ4n) is 7.70. The summed E-state index contributed by atoms with van der Waals surface area (Å²) in [6.07, 6.45) is 5.97. The normalized spacial score (nSPS) is 12.3. The Labute approximate surface area is 334 Å². The van der Waals surface area contributed by atoms with Gasteiger partial charge in [0, 0.05) is 53.4 Å². The molecule has 5 heteroatoms. The molecule has 0 saturated carbocycles. The van der Waals surface area contributed by atoms with Crippen molar-refractivity contribution in [2.45, 2.75) is 54.4 Å². The Morgan fingerprint density at radius 1 is 0.491 bits per heavy atom. The molecule has 264 valence electrons. The molecule has 0 radical (unpaired) electrons. The molecule has 0 aliphatic heterocycles. The van der Waals surface area contributed by atoms with E-state index in [2.05, 4.69) is 151 Å². The van der Waals surface area contributed by atoms with Crippen LogP contribution < -0.4 is 0 Å². The van der Waals surface area contributed by atoms with Crippen molar-refractivity contribution in [2.24, 2.45) is 10.8 Å². The van der Waals surface area contributed by atoms with E-state index in [1.54, 1.807) is 0 Å². The second-order valence-electron chi connectivity index (χ2n) is 16.5. The minimum absolute atomic E-state index is 0. The molecule has 0 unspecified atom stereocenters. The first-order valence-corrected chi connectivity index (χ1v) is 19.7. The second-order valence-corrected chi connectivity index (χ2v) is 18.5. The zero-order valence-corrected chi connectivity index (χ0v) is 34.7. The molecule has 4 heterocycles. The van der Waals surface area contributed by atoms with Crippen LogP contribution in [0.3, 0.4) is 0 Å². The molecule has 0 aliphatic carbocycles. The Kier molecular flexibility index (Phi) is 9.17. The van der Waals surface area contributed by atoms with Crippen molar-refractivity contribution < 1.29 is 21.1 Å².